The summed E-state index contributed by atoms with van der Waals surface area (Å²) in [4.78, 5) is 0. The van der Waals surface area contributed by atoms with Crippen LogP contribution in [0.2, 0.25) is 0 Å². The SMILES string of the molecule is N=C(Cl)C1CCC2(CC1)CC2. The quantitative estimate of drug-likeness (QED) is 0.586. The summed E-state index contributed by atoms with van der Waals surface area (Å²) in [5.41, 5.74) is 0.739. The summed E-state index contributed by atoms with van der Waals surface area (Å²) in [7, 11) is 0. The molecule has 0 unspecified atom stereocenters. The van der Waals surface area contributed by atoms with Crippen LogP contribution < -0.4 is 0 Å². The van der Waals surface area contributed by atoms with Crippen LogP contribution in [0.5, 0.6) is 0 Å². The second-order valence-electron chi connectivity index (χ2n) is 4.12. The molecule has 0 saturated heterocycles. The third-order valence-corrected chi connectivity index (χ3v) is 3.67. The van der Waals surface area contributed by atoms with Crippen molar-refractivity contribution >= 4 is 16.8 Å². The maximum absolute atomic E-state index is 7.30. The van der Waals surface area contributed by atoms with Gasteiger partial charge in [0.25, 0.3) is 0 Å². The zero-order chi connectivity index (χ0) is 7.90. The smallest absolute Gasteiger partial charge is 0.1000 e. The van der Waals surface area contributed by atoms with E-state index in [0.29, 0.717) is 11.1 Å². The summed E-state index contributed by atoms with van der Waals surface area (Å²) < 4.78 is 0. The molecule has 0 radical (unpaired) electrons. The Labute approximate surface area is 72.6 Å². The fourth-order valence-corrected chi connectivity index (χ4v) is 2.38. The van der Waals surface area contributed by atoms with Crippen molar-refractivity contribution in [3.63, 3.8) is 0 Å². The highest BCUT2D eigenvalue weighted by atomic mass is 35.5. The van der Waals surface area contributed by atoms with Crippen molar-refractivity contribution in [1.29, 1.82) is 5.41 Å². The summed E-state index contributed by atoms with van der Waals surface area (Å²) >= 11 is 5.65. The standard InChI is InChI=1S/C9H14ClN/c10-8(11)7-1-3-9(4-2-7)5-6-9/h7,11H,1-6H2. The van der Waals surface area contributed by atoms with E-state index in [2.05, 4.69) is 0 Å². The van der Waals surface area contributed by atoms with Gasteiger partial charge in [-0.25, -0.2) is 0 Å². The molecule has 2 heteroatoms. The molecule has 62 valence electrons. The Balaban J connectivity index is 1.89. The van der Waals surface area contributed by atoms with Crippen LogP contribution >= 0.6 is 11.6 Å². The van der Waals surface area contributed by atoms with Crippen LogP contribution in [0.4, 0.5) is 0 Å². The molecule has 0 bridgehead atoms. The van der Waals surface area contributed by atoms with E-state index in [4.69, 9.17) is 17.0 Å². The largest absolute Gasteiger partial charge is 0.293 e. The van der Waals surface area contributed by atoms with Gasteiger partial charge in [0.15, 0.2) is 0 Å². The third kappa shape index (κ3) is 1.44. The molecule has 0 amide bonds. The van der Waals surface area contributed by atoms with Gasteiger partial charge >= 0.3 is 0 Å². The molecule has 0 atom stereocenters. The zero-order valence-corrected chi connectivity index (χ0v) is 7.45. The molecule has 2 aliphatic rings. The maximum Gasteiger partial charge on any atom is 0.1000 e. The van der Waals surface area contributed by atoms with E-state index in [1.54, 1.807) is 0 Å². The highest BCUT2D eigenvalue weighted by Crippen LogP contribution is 2.57. The lowest BCUT2D eigenvalue weighted by atomic mass is 9.80. The summed E-state index contributed by atoms with van der Waals surface area (Å²) in [6.07, 6.45) is 7.87. The van der Waals surface area contributed by atoms with Crippen molar-refractivity contribution in [1.82, 2.24) is 0 Å². The Morgan fingerprint density at radius 3 is 2.09 bits per heavy atom. The van der Waals surface area contributed by atoms with Crippen molar-refractivity contribution < 1.29 is 0 Å². The Bertz CT molecular complexity index is 174. The van der Waals surface area contributed by atoms with E-state index >= 15 is 0 Å². The van der Waals surface area contributed by atoms with Crippen LogP contribution in [0, 0.1) is 16.7 Å². The fraction of sp³-hybridized carbons (Fsp3) is 0.889. The van der Waals surface area contributed by atoms with Crippen LogP contribution in [0.25, 0.3) is 0 Å². The first-order valence-electron chi connectivity index (χ1n) is 4.46. The monoisotopic (exact) mass is 171 g/mol. The minimum atomic E-state index is 0.389. The molecule has 2 aliphatic carbocycles. The van der Waals surface area contributed by atoms with E-state index in [-0.39, 0.29) is 0 Å². The second kappa shape index (κ2) is 2.48. The van der Waals surface area contributed by atoms with E-state index in [1.165, 1.54) is 38.5 Å². The summed E-state index contributed by atoms with van der Waals surface area (Å²) in [6.45, 7) is 0. The van der Waals surface area contributed by atoms with Gasteiger partial charge in [-0.1, -0.05) is 11.6 Å². The van der Waals surface area contributed by atoms with Crippen molar-refractivity contribution in [3.8, 4) is 0 Å². The molecule has 11 heavy (non-hydrogen) atoms. The van der Waals surface area contributed by atoms with Crippen molar-refractivity contribution in [2.75, 3.05) is 0 Å². The molecule has 1 nitrogen and oxygen atoms in total. The third-order valence-electron chi connectivity index (χ3n) is 3.36. The predicted octanol–water partition coefficient (Wildman–Crippen LogP) is 3.17. The highest BCUT2D eigenvalue weighted by molar-refractivity contribution is 6.64. The van der Waals surface area contributed by atoms with E-state index in [9.17, 15) is 0 Å². The Hall–Kier alpha value is -0.0400. The normalized spacial score (nSPS) is 28.8. The minimum absolute atomic E-state index is 0.389. The maximum atomic E-state index is 7.30. The molecule has 0 aromatic rings. The molecular formula is C9H14ClN. The molecular weight excluding hydrogens is 158 g/mol. The topological polar surface area (TPSA) is 23.9 Å². The van der Waals surface area contributed by atoms with Gasteiger partial charge in [-0.15, -0.1) is 0 Å². The number of rotatable bonds is 1. The van der Waals surface area contributed by atoms with Gasteiger partial charge in [0.05, 0.1) is 5.17 Å². The highest BCUT2D eigenvalue weighted by Gasteiger charge is 2.45. The summed E-state index contributed by atoms with van der Waals surface area (Å²) in [5.74, 6) is 0.405. The lowest BCUT2D eigenvalue weighted by Gasteiger charge is -2.26. The molecule has 2 rings (SSSR count). The number of hydrogen-bond acceptors (Lipinski definition) is 1. The van der Waals surface area contributed by atoms with Crippen LogP contribution in [-0.2, 0) is 0 Å². The first kappa shape index (κ1) is 7.60. The molecule has 2 fully saturated rings. The predicted molar refractivity (Wildman–Crippen MR) is 47.2 cm³/mol. The minimum Gasteiger partial charge on any atom is -0.293 e. The van der Waals surface area contributed by atoms with Crippen LogP contribution in [0.3, 0.4) is 0 Å². The molecule has 0 heterocycles. The van der Waals surface area contributed by atoms with Crippen LogP contribution in [0.1, 0.15) is 38.5 Å². The van der Waals surface area contributed by atoms with Gasteiger partial charge in [-0.3, -0.25) is 5.41 Å². The van der Waals surface area contributed by atoms with E-state index in [0.717, 1.165) is 5.41 Å². The molecule has 0 aromatic carbocycles. The van der Waals surface area contributed by atoms with E-state index < -0.39 is 0 Å². The van der Waals surface area contributed by atoms with Gasteiger partial charge in [0, 0.05) is 5.92 Å². The van der Waals surface area contributed by atoms with Crippen molar-refractivity contribution in [2.45, 2.75) is 38.5 Å². The zero-order valence-electron chi connectivity index (χ0n) is 6.70. The first-order valence-corrected chi connectivity index (χ1v) is 4.84. The van der Waals surface area contributed by atoms with Crippen LogP contribution in [0.15, 0.2) is 0 Å². The average molecular weight is 172 g/mol. The first-order chi connectivity index (χ1) is 5.22. The molecule has 2 saturated carbocycles. The van der Waals surface area contributed by atoms with Gasteiger partial charge < -0.3 is 0 Å². The van der Waals surface area contributed by atoms with Crippen LogP contribution in [-0.4, -0.2) is 5.17 Å². The Morgan fingerprint density at radius 1 is 1.18 bits per heavy atom. The molecule has 0 aromatic heterocycles. The van der Waals surface area contributed by atoms with Gasteiger partial charge in [0.1, 0.15) is 0 Å². The fourth-order valence-electron chi connectivity index (χ4n) is 2.16. The van der Waals surface area contributed by atoms with Crippen molar-refractivity contribution in [3.05, 3.63) is 0 Å². The van der Waals surface area contributed by atoms with Gasteiger partial charge in [0.2, 0.25) is 0 Å². The Morgan fingerprint density at radius 2 is 1.73 bits per heavy atom. The summed E-state index contributed by atoms with van der Waals surface area (Å²) in [5, 5.41) is 7.69. The number of hydrogen-bond donors (Lipinski definition) is 1. The number of nitrogens with one attached hydrogen (secondary N) is 1. The average Bonchev–Trinajstić information content (AvgIpc) is 2.70. The van der Waals surface area contributed by atoms with Crippen molar-refractivity contribution in [2.24, 2.45) is 11.3 Å². The second-order valence-corrected chi connectivity index (χ2v) is 4.53. The summed E-state index contributed by atoms with van der Waals surface area (Å²) in [6, 6.07) is 0. The van der Waals surface area contributed by atoms with Gasteiger partial charge in [-0.05, 0) is 43.9 Å². The molecule has 0 aliphatic heterocycles. The van der Waals surface area contributed by atoms with E-state index in [1.807, 2.05) is 0 Å². The lowest BCUT2D eigenvalue weighted by molar-refractivity contribution is 0.303. The van der Waals surface area contributed by atoms with Gasteiger partial charge in [-0.2, -0.15) is 0 Å². The lowest BCUT2D eigenvalue weighted by Crippen LogP contribution is -2.18. The number of halogens is 1. The molecule has 1 N–H and O–H groups in total. The molecule has 1 spiro atoms. The Kier molecular flexibility index (Phi) is 1.71.